The molecule has 0 spiro atoms. The van der Waals surface area contributed by atoms with Gasteiger partial charge in [0.15, 0.2) is 0 Å². The minimum Gasteiger partial charge on any atom is -0.360 e. The Morgan fingerprint density at radius 2 is 2.21 bits per heavy atom. The summed E-state index contributed by atoms with van der Waals surface area (Å²) in [5, 5.41) is 0.963. The van der Waals surface area contributed by atoms with E-state index in [-0.39, 0.29) is 5.91 Å². The van der Waals surface area contributed by atoms with Gasteiger partial charge in [0, 0.05) is 23.6 Å². The van der Waals surface area contributed by atoms with E-state index in [1.807, 2.05) is 24.3 Å². The first-order valence-corrected chi connectivity index (χ1v) is 6.58. The Labute approximate surface area is 112 Å². The Kier molecular flexibility index (Phi) is 3.00. The number of rotatable bonds is 4. The highest BCUT2D eigenvalue weighted by Gasteiger charge is 2.27. The van der Waals surface area contributed by atoms with E-state index in [0.717, 1.165) is 17.4 Å². The van der Waals surface area contributed by atoms with Crippen LogP contribution in [-0.4, -0.2) is 28.9 Å². The lowest BCUT2D eigenvalue weighted by Gasteiger charge is -2.19. The zero-order chi connectivity index (χ0) is 13.2. The maximum atomic E-state index is 12.6. The van der Waals surface area contributed by atoms with Gasteiger partial charge in [-0.1, -0.05) is 24.1 Å². The van der Waals surface area contributed by atoms with Crippen molar-refractivity contribution in [2.75, 3.05) is 13.1 Å². The minimum atomic E-state index is 0.0299. The van der Waals surface area contributed by atoms with Crippen molar-refractivity contribution in [1.82, 2.24) is 9.88 Å². The molecule has 3 heteroatoms. The monoisotopic (exact) mass is 252 g/mol. The molecular formula is C16H16N2O. The van der Waals surface area contributed by atoms with Crippen molar-refractivity contribution in [3.8, 4) is 12.3 Å². The molecule has 1 amide bonds. The van der Waals surface area contributed by atoms with Crippen molar-refractivity contribution >= 4 is 16.8 Å². The predicted molar refractivity (Wildman–Crippen MR) is 75.8 cm³/mol. The molecule has 0 unspecified atom stereocenters. The van der Waals surface area contributed by atoms with Crippen LogP contribution in [0.5, 0.6) is 0 Å². The minimum absolute atomic E-state index is 0.0299. The third-order valence-corrected chi connectivity index (χ3v) is 3.56. The molecule has 1 aliphatic carbocycles. The van der Waals surface area contributed by atoms with Crippen LogP contribution < -0.4 is 0 Å². The lowest BCUT2D eigenvalue weighted by atomic mass is 10.1. The summed E-state index contributed by atoms with van der Waals surface area (Å²) in [5.41, 5.74) is 1.70. The van der Waals surface area contributed by atoms with Crippen LogP contribution in [0.25, 0.3) is 10.9 Å². The number of H-pyrrole nitrogens is 1. The quantitative estimate of drug-likeness (QED) is 0.834. The third kappa shape index (κ3) is 2.34. The van der Waals surface area contributed by atoms with Gasteiger partial charge in [-0.25, -0.2) is 0 Å². The number of nitrogens with one attached hydrogen (secondary N) is 1. The summed E-state index contributed by atoms with van der Waals surface area (Å²) < 4.78 is 0. The second-order valence-corrected chi connectivity index (χ2v) is 5.08. The van der Waals surface area contributed by atoms with Gasteiger partial charge in [0.25, 0.3) is 5.91 Å². The number of aromatic amines is 1. The maximum Gasteiger partial charge on any atom is 0.256 e. The molecule has 2 aromatic rings. The van der Waals surface area contributed by atoms with Crippen molar-refractivity contribution in [3.63, 3.8) is 0 Å². The Morgan fingerprint density at radius 3 is 2.95 bits per heavy atom. The fourth-order valence-corrected chi connectivity index (χ4v) is 2.36. The van der Waals surface area contributed by atoms with Crippen molar-refractivity contribution in [2.24, 2.45) is 5.92 Å². The first kappa shape index (κ1) is 11.9. The van der Waals surface area contributed by atoms with E-state index in [0.29, 0.717) is 18.0 Å². The van der Waals surface area contributed by atoms with Gasteiger partial charge in [0.1, 0.15) is 0 Å². The van der Waals surface area contributed by atoms with Crippen molar-refractivity contribution in [2.45, 2.75) is 12.8 Å². The largest absolute Gasteiger partial charge is 0.360 e. The highest BCUT2D eigenvalue weighted by molar-refractivity contribution is 6.06. The number of terminal acetylenes is 1. The van der Waals surface area contributed by atoms with E-state index in [1.54, 1.807) is 11.1 Å². The van der Waals surface area contributed by atoms with Gasteiger partial charge in [-0.3, -0.25) is 4.79 Å². The number of hydrogen-bond acceptors (Lipinski definition) is 1. The molecular weight excluding hydrogens is 236 g/mol. The van der Waals surface area contributed by atoms with Gasteiger partial charge in [0.05, 0.1) is 12.1 Å². The smallest absolute Gasteiger partial charge is 0.256 e. The van der Waals surface area contributed by atoms with Gasteiger partial charge in [0.2, 0.25) is 0 Å². The van der Waals surface area contributed by atoms with E-state index in [2.05, 4.69) is 10.9 Å². The second kappa shape index (κ2) is 4.81. The fraction of sp³-hybridized carbons (Fsp3) is 0.312. The molecule has 3 rings (SSSR count). The Bertz CT molecular complexity index is 646. The summed E-state index contributed by atoms with van der Waals surface area (Å²) in [6.07, 6.45) is 9.58. The molecule has 1 aliphatic rings. The van der Waals surface area contributed by atoms with E-state index in [1.165, 1.54) is 12.8 Å². The lowest BCUT2D eigenvalue weighted by molar-refractivity contribution is 0.0772. The van der Waals surface area contributed by atoms with Crippen LogP contribution in [0.15, 0.2) is 30.5 Å². The molecule has 19 heavy (non-hydrogen) atoms. The van der Waals surface area contributed by atoms with Crippen LogP contribution in [0.3, 0.4) is 0 Å². The summed E-state index contributed by atoms with van der Waals surface area (Å²) in [4.78, 5) is 17.5. The normalized spacial score (nSPS) is 14.3. The van der Waals surface area contributed by atoms with Crippen LogP contribution in [0.4, 0.5) is 0 Å². The van der Waals surface area contributed by atoms with Gasteiger partial charge in [-0.05, 0) is 24.8 Å². The highest BCUT2D eigenvalue weighted by Crippen LogP contribution is 2.30. The molecule has 0 saturated heterocycles. The van der Waals surface area contributed by atoms with Gasteiger partial charge in [-0.15, -0.1) is 6.42 Å². The summed E-state index contributed by atoms with van der Waals surface area (Å²) >= 11 is 0. The van der Waals surface area contributed by atoms with Crippen LogP contribution in [0, 0.1) is 18.3 Å². The van der Waals surface area contributed by atoms with Gasteiger partial charge in [-0.2, -0.15) is 0 Å². The maximum absolute atomic E-state index is 12.6. The predicted octanol–water partition coefficient (Wildman–Crippen LogP) is 2.65. The summed E-state index contributed by atoms with van der Waals surface area (Å²) in [5.74, 6) is 3.26. The molecule has 1 heterocycles. The Balaban J connectivity index is 1.90. The van der Waals surface area contributed by atoms with Crippen molar-refractivity contribution < 1.29 is 4.79 Å². The first-order chi connectivity index (χ1) is 9.29. The van der Waals surface area contributed by atoms with Crippen LogP contribution in [0.1, 0.15) is 23.2 Å². The average Bonchev–Trinajstić information content (AvgIpc) is 3.14. The lowest BCUT2D eigenvalue weighted by Crippen LogP contribution is -2.33. The number of para-hydroxylation sites is 1. The van der Waals surface area contributed by atoms with E-state index < -0.39 is 0 Å². The topological polar surface area (TPSA) is 36.1 Å². The van der Waals surface area contributed by atoms with Gasteiger partial charge >= 0.3 is 0 Å². The standard InChI is InChI=1S/C16H16N2O/c1-2-9-18(11-12-7-8-12)16(19)14-10-17-15-6-4-3-5-13(14)15/h1,3-6,10,12,17H,7-9,11H2. The zero-order valence-corrected chi connectivity index (χ0v) is 10.7. The SMILES string of the molecule is C#CCN(CC1CC1)C(=O)c1c[nH]c2ccccc12. The van der Waals surface area contributed by atoms with Crippen LogP contribution in [0.2, 0.25) is 0 Å². The number of hydrogen-bond donors (Lipinski definition) is 1. The second-order valence-electron chi connectivity index (χ2n) is 5.08. The molecule has 0 atom stereocenters. The molecule has 0 radical (unpaired) electrons. The molecule has 0 bridgehead atoms. The molecule has 1 aromatic heterocycles. The van der Waals surface area contributed by atoms with Crippen molar-refractivity contribution in [1.29, 1.82) is 0 Å². The van der Waals surface area contributed by atoms with Crippen LogP contribution >= 0.6 is 0 Å². The average molecular weight is 252 g/mol. The highest BCUT2D eigenvalue weighted by atomic mass is 16.2. The third-order valence-electron chi connectivity index (χ3n) is 3.56. The van der Waals surface area contributed by atoms with E-state index >= 15 is 0 Å². The number of nitrogens with zero attached hydrogens (tertiary/aromatic N) is 1. The number of carbonyl (C=O) groups is 1. The molecule has 1 fully saturated rings. The van der Waals surface area contributed by atoms with Crippen LogP contribution in [-0.2, 0) is 0 Å². The summed E-state index contributed by atoms with van der Waals surface area (Å²) in [7, 11) is 0. The molecule has 3 nitrogen and oxygen atoms in total. The number of fused-ring (bicyclic) bond motifs is 1. The van der Waals surface area contributed by atoms with E-state index in [9.17, 15) is 4.79 Å². The molecule has 1 saturated carbocycles. The first-order valence-electron chi connectivity index (χ1n) is 6.58. The zero-order valence-electron chi connectivity index (χ0n) is 10.7. The number of aromatic nitrogens is 1. The Morgan fingerprint density at radius 1 is 1.42 bits per heavy atom. The summed E-state index contributed by atoms with van der Waals surface area (Å²) in [6.45, 7) is 1.16. The van der Waals surface area contributed by atoms with Crippen molar-refractivity contribution in [3.05, 3.63) is 36.0 Å². The number of benzene rings is 1. The van der Waals surface area contributed by atoms with Gasteiger partial charge < -0.3 is 9.88 Å². The molecule has 1 N–H and O–H groups in total. The van der Waals surface area contributed by atoms with E-state index in [4.69, 9.17) is 6.42 Å². The molecule has 96 valence electrons. The summed E-state index contributed by atoms with van der Waals surface area (Å²) in [6, 6.07) is 7.83. The number of carbonyl (C=O) groups excluding carboxylic acids is 1. The number of amides is 1. The molecule has 1 aromatic carbocycles. The Hall–Kier alpha value is -2.21. The molecule has 0 aliphatic heterocycles. The fourth-order valence-electron chi connectivity index (χ4n) is 2.36.